The summed E-state index contributed by atoms with van der Waals surface area (Å²) in [4.78, 5) is 15.8. The van der Waals surface area contributed by atoms with Crippen molar-refractivity contribution in [3.8, 4) is 0 Å². The second-order valence-corrected chi connectivity index (χ2v) is 8.76. The van der Waals surface area contributed by atoms with Crippen molar-refractivity contribution < 1.29 is 13.9 Å². The largest absolute Gasteiger partial charge is 0.444 e. The Labute approximate surface area is 181 Å². The Hall–Kier alpha value is -2.67. The van der Waals surface area contributed by atoms with Gasteiger partial charge in [-0.25, -0.2) is 9.18 Å². The molecule has 0 aliphatic carbocycles. The van der Waals surface area contributed by atoms with Crippen LogP contribution in [-0.4, -0.2) is 42.8 Å². The van der Waals surface area contributed by atoms with E-state index in [-0.39, 0.29) is 11.9 Å². The van der Waals surface area contributed by atoms with Gasteiger partial charge in [0.1, 0.15) is 11.4 Å². The van der Waals surface area contributed by atoms with E-state index in [1.165, 1.54) is 6.07 Å². The van der Waals surface area contributed by atoms with Gasteiger partial charge in [0.15, 0.2) is 0 Å². The molecule has 0 atom stereocenters. The van der Waals surface area contributed by atoms with E-state index >= 15 is 0 Å². The average Bonchev–Trinajstić information content (AvgIpc) is 2.67. The molecule has 3 N–H and O–H groups in total. The molecule has 1 fully saturated rings. The molecule has 1 aliphatic heterocycles. The number of nitrogens with zero attached hydrogens (tertiary/aromatic N) is 2. The molecule has 0 bridgehead atoms. The van der Waals surface area contributed by atoms with E-state index in [4.69, 9.17) is 22.1 Å². The normalized spacial score (nSPS) is 14.6. The molecule has 0 saturated carbocycles. The number of nitrogen functional groups attached to an aromatic ring is 1. The number of benzene rings is 2. The van der Waals surface area contributed by atoms with Crippen molar-refractivity contribution >= 4 is 34.8 Å². The molecule has 162 valence electrons. The van der Waals surface area contributed by atoms with Crippen molar-refractivity contribution in [1.82, 2.24) is 4.90 Å². The lowest BCUT2D eigenvalue weighted by Crippen LogP contribution is -2.50. The molecule has 0 aromatic heterocycles. The topological polar surface area (TPSA) is 70.8 Å². The molecule has 0 spiro atoms. The van der Waals surface area contributed by atoms with Crippen LogP contribution in [0, 0.1) is 5.82 Å². The van der Waals surface area contributed by atoms with E-state index in [1.54, 1.807) is 11.0 Å². The van der Waals surface area contributed by atoms with Crippen molar-refractivity contribution in [3.63, 3.8) is 0 Å². The molecule has 1 aliphatic rings. The first-order chi connectivity index (χ1) is 14.1. The Kier molecular flexibility index (Phi) is 6.61. The van der Waals surface area contributed by atoms with Crippen molar-refractivity contribution in [2.45, 2.75) is 32.9 Å². The molecule has 1 amide bonds. The maximum absolute atomic E-state index is 14.6. The van der Waals surface area contributed by atoms with Crippen LogP contribution in [0.25, 0.3) is 0 Å². The standard InChI is InChI=1S/C22H28ClFN4O2/c1-22(2,3)30-21(29)28-10-8-27(9-11-28)20-13-19(18(25)12-17(20)24)26-14-15-4-6-16(23)7-5-15/h4-7,12-13,26H,8-11,14,25H2,1-3H3. The number of halogens is 2. The Bertz CT molecular complexity index is 891. The van der Waals surface area contributed by atoms with Crippen LogP contribution < -0.4 is 16.0 Å². The number of hydrogen-bond acceptors (Lipinski definition) is 5. The third kappa shape index (κ3) is 5.69. The van der Waals surface area contributed by atoms with E-state index in [2.05, 4.69) is 5.32 Å². The van der Waals surface area contributed by atoms with Crippen LogP contribution in [0.3, 0.4) is 0 Å². The van der Waals surface area contributed by atoms with Gasteiger partial charge in [-0.1, -0.05) is 23.7 Å². The number of carbonyl (C=O) groups excluding carboxylic acids is 1. The maximum atomic E-state index is 14.6. The SMILES string of the molecule is CC(C)(C)OC(=O)N1CCN(c2cc(NCc3ccc(Cl)cc3)c(N)cc2F)CC1. The van der Waals surface area contributed by atoms with E-state index in [9.17, 15) is 9.18 Å². The predicted octanol–water partition coefficient (Wildman–Crippen LogP) is 4.73. The van der Waals surface area contributed by atoms with Gasteiger partial charge in [-0.15, -0.1) is 0 Å². The van der Waals surface area contributed by atoms with Crippen molar-refractivity contribution in [2.75, 3.05) is 42.1 Å². The summed E-state index contributed by atoms with van der Waals surface area (Å²) in [7, 11) is 0. The Balaban J connectivity index is 1.65. The van der Waals surface area contributed by atoms with E-state index in [0.29, 0.717) is 54.8 Å². The summed E-state index contributed by atoms with van der Waals surface area (Å²) >= 11 is 5.92. The van der Waals surface area contributed by atoms with Crippen LogP contribution >= 0.6 is 11.6 Å². The second kappa shape index (κ2) is 9.00. The fraction of sp³-hybridized carbons (Fsp3) is 0.409. The van der Waals surface area contributed by atoms with Crippen LogP contribution in [0.15, 0.2) is 36.4 Å². The fourth-order valence-electron chi connectivity index (χ4n) is 3.23. The van der Waals surface area contributed by atoms with Gasteiger partial charge in [0.2, 0.25) is 0 Å². The number of carbonyl (C=O) groups is 1. The summed E-state index contributed by atoms with van der Waals surface area (Å²) in [5.74, 6) is -0.379. The number of hydrogen-bond donors (Lipinski definition) is 2. The number of piperazine rings is 1. The van der Waals surface area contributed by atoms with Crippen molar-refractivity contribution in [1.29, 1.82) is 0 Å². The van der Waals surface area contributed by atoms with Gasteiger partial charge < -0.3 is 25.6 Å². The molecule has 1 heterocycles. The zero-order valence-electron chi connectivity index (χ0n) is 17.5. The van der Waals surface area contributed by atoms with Crippen LogP contribution in [0.2, 0.25) is 5.02 Å². The predicted molar refractivity (Wildman–Crippen MR) is 120 cm³/mol. The third-order valence-corrected chi connectivity index (χ3v) is 5.04. The first kappa shape index (κ1) is 22.0. The highest BCUT2D eigenvalue weighted by Gasteiger charge is 2.27. The molecule has 2 aromatic rings. The van der Waals surface area contributed by atoms with Crippen molar-refractivity contribution in [2.24, 2.45) is 0 Å². The highest BCUT2D eigenvalue weighted by molar-refractivity contribution is 6.30. The number of nitrogens with one attached hydrogen (secondary N) is 1. The first-order valence-corrected chi connectivity index (χ1v) is 10.3. The van der Waals surface area contributed by atoms with E-state index < -0.39 is 5.60 Å². The Morgan fingerprint density at radius 3 is 2.40 bits per heavy atom. The quantitative estimate of drug-likeness (QED) is 0.680. The van der Waals surface area contributed by atoms with E-state index in [0.717, 1.165) is 5.56 Å². The van der Waals surface area contributed by atoms with Crippen LogP contribution in [-0.2, 0) is 11.3 Å². The monoisotopic (exact) mass is 434 g/mol. The van der Waals surface area contributed by atoms with Gasteiger partial charge in [0, 0.05) is 43.8 Å². The van der Waals surface area contributed by atoms with Gasteiger partial charge in [-0.05, 0) is 44.5 Å². The highest BCUT2D eigenvalue weighted by Crippen LogP contribution is 2.30. The summed E-state index contributed by atoms with van der Waals surface area (Å²) in [6.45, 7) is 8.00. The van der Waals surface area contributed by atoms with Gasteiger partial charge in [0.25, 0.3) is 0 Å². The summed E-state index contributed by atoms with van der Waals surface area (Å²) in [5, 5.41) is 3.94. The van der Waals surface area contributed by atoms with E-state index in [1.807, 2.05) is 49.9 Å². The molecule has 0 radical (unpaired) electrons. The van der Waals surface area contributed by atoms with Crippen LogP contribution in [0.5, 0.6) is 0 Å². The zero-order chi connectivity index (χ0) is 21.9. The van der Waals surface area contributed by atoms with Gasteiger partial charge in [0.05, 0.1) is 17.1 Å². The summed E-state index contributed by atoms with van der Waals surface area (Å²) in [6.07, 6.45) is -0.342. The summed E-state index contributed by atoms with van der Waals surface area (Å²) in [6, 6.07) is 10.5. The molecule has 6 nitrogen and oxygen atoms in total. The van der Waals surface area contributed by atoms with Gasteiger partial charge in [-0.3, -0.25) is 0 Å². The molecular weight excluding hydrogens is 407 g/mol. The minimum atomic E-state index is -0.540. The van der Waals surface area contributed by atoms with Crippen LogP contribution in [0.1, 0.15) is 26.3 Å². The number of rotatable bonds is 4. The fourth-order valence-corrected chi connectivity index (χ4v) is 3.35. The zero-order valence-corrected chi connectivity index (χ0v) is 18.3. The number of nitrogens with two attached hydrogens (primary N) is 1. The Morgan fingerprint density at radius 2 is 1.80 bits per heavy atom. The molecule has 8 heteroatoms. The molecular formula is C22H28ClFN4O2. The van der Waals surface area contributed by atoms with Gasteiger partial charge in [-0.2, -0.15) is 0 Å². The minimum Gasteiger partial charge on any atom is -0.444 e. The minimum absolute atomic E-state index is 0.342. The smallest absolute Gasteiger partial charge is 0.410 e. The number of amides is 1. The number of ether oxygens (including phenoxy) is 1. The first-order valence-electron chi connectivity index (χ1n) is 9.92. The van der Waals surface area contributed by atoms with Crippen molar-refractivity contribution in [3.05, 3.63) is 52.8 Å². The summed E-state index contributed by atoms with van der Waals surface area (Å²) < 4.78 is 20.0. The summed E-state index contributed by atoms with van der Waals surface area (Å²) in [5.41, 5.74) is 7.99. The molecule has 30 heavy (non-hydrogen) atoms. The lowest BCUT2D eigenvalue weighted by molar-refractivity contribution is 0.0240. The molecule has 0 unspecified atom stereocenters. The Morgan fingerprint density at radius 1 is 1.17 bits per heavy atom. The molecule has 1 saturated heterocycles. The lowest BCUT2D eigenvalue weighted by Gasteiger charge is -2.37. The van der Waals surface area contributed by atoms with Crippen LogP contribution in [0.4, 0.5) is 26.2 Å². The molecule has 2 aromatic carbocycles. The lowest BCUT2D eigenvalue weighted by atomic mass is 10.1. The second-order valence-electron chi connectivity index (χ2n) is 8.33. The number of anilines is 3. The highest BCUT2D eigenvalue weighted by atomic mass is 35.5. The third-order valence-electron chi connectivity index (χ3n) is 4.79. The molecule has 3 rings (SSSR count). The van der Waals surface area contributed by atoms with Gasteiger partial charge >= 0.3 is 6.09 Å². The maximum Gasteiger partial charge on any atom is 0.410 e. The average molecular weight is 435 g/mol.